The van der Waals surface area contributed by atoms with Crippen molar-refractivity contribution in [3.8, 4) is 11.8 Å². The Hall–Kier alpha value is -2.16. The summed E-state index contributed by atoms with van der Waals surface area (Å²) < 4.78 is 0. The molecule has 2 aromatic rings. The fraction of sp³-hybridized carbons (Fsp3) is 0.200. The zero-order valence-corrected chi connectivity index (χ0v) is 12.0. The number of aliphatic hydroxyl groups is 1. The molecule has 5 heteroatoms. The molecule has 0 radical (unpaired) electrons. The van der Waals surface area contributed by atoms with Gasteiger partial charge in [0.1, 0.15) is 6.61 Å². The summed E-state index contributed by atoms with van der Waals surface area (Å²) in [5.74, 6) is 5.11. The average Bonchev–Trinajstić information content (AvgIpc) is 2.75. The normalized spacial score (nSPS) is 9.75. The number of aryl methyl sites for hydroxylation is 2. The molecule has 0 atom stereocenters. The van der Waals surface area contributed by atoms with Crippen LogP contribution in [0.3, 0.4) is 0 Å². The quantitative estimate of drug-likeness (QED) is 0.833. The minimum Gasteiger partial charge on any atom is -0.384 e. The van der Waals surface area contributed by atoms with Gasteiger partial charge in [0.05, 0.1) is 5.69 Å². The Kier molecular flexibility index (Phi) is 4.51. The van der Waals surface area contributed by atoms with E-state index in [1.165, 1.54) is 11.3 Å². The van der Waals surface area contributed by atoms with Gasteiger partial charge in [0.25, 0.3) is 5.91 Å². The Bertz CT molecular complexity index is 676. The van der Waals surface area contributed by atoms with Crippen molar-refractivity contribution in [3.05, 3.63) is 46.0 Å². The average molecular weight is 286 g/mol. The smallest absolute Gasteiger partial charge is 0.257 e. The number of aromatic nitrogens is 1. The maximum atomic E-state index is 12.1. The number of benzene rings is 1. The number of carbonyl (C=O) groups excluding carboxylic acids is 1. The van der Waals surface area contributed by atoms with Crippen LogP contribution in [-0.4, -0.2) is 22.6 Å². The Labute approximate surface area is 121 Å². The molecule has 0 aliphatic heterocycles. The third-order valence-electron chi connectivity index (χ3n) is 2.69. The molecule has 0 fully saturated rings. The Morgan fingerprint density at radius 2 is 2.25 bits per heavy atom. The number of nitrogens with one attached hydrogen (secondary N) is 1. The highest BCUT2D eigenvalue weighted by atomic mass is 32.1. The predicted octanol–water partition coefficient (Wildman–Crippen LogP) is 2.36. The van der Waals surface area contributed by atoms with E-state index in [0.717, 1.165) is 10.6 Å². The summed E-state index contributed by atoms with van der Waals surface area (Å²) in [6, 6.07) is 6.95. The van der Waals surface area contributed by atoms with Gasteiger partial charge in [-0.15, -0.1) is 11.3 Å². The molecule has 0 spiro atoms. The highest BCUT2D eigenvalue weighted by Gasteiger charge is 2.10. The summed E-state index contributed by atoms with van der Waals surface area (Å²) >= 11 is 1.45. The Morgan fingerprint density at radius 3 is 2.90 bits per heavy atom. The van der Waals surface area contributed by atoms with Crippen molar-refractivity contribution in [1.82, 2.24) is 4.98 Å². The third-order valence-corrected chi connectivity index (χ3v) is 3.67. The summed E-state index contributed by atoms with van der Waals surface area (Å²) in [5, 5.41) is 12.0. The third kappa shape index (κ3) is 3.44. The SMILES string of the molecule is Cc1nc(NC(=O)c2cccc(C#CCO)c2)sc1C. The molecule has 0 bridgehead atoms. The van der Waals surface area contributed by atoms with Crippen molar-refractivity contribution in [3.63, 3.8) is 0 Å². The van der Waals surface area contributed by atoms with E-state index in [0.29, 0.717) is 16.3 Å². The molecule has 0 saturated carbocycles. The first-order chi connectivity index (χ1) is 9.60. The summed E-state index contributed by atoms with van der Waals surface area (Å²) in [4.78, 5) is 17.5. The van der Waals surface area contributed by atoms with Crippen LogP contribution in [0.2, 0.25) is 0 Å². The molecule has 102 valence electrons. The molecule has 2 rings (SSSR count). The van der Waals surface area contributed by atoms with E-state index >= 15 is 0 Å². The Balaban J connectivity index is 2.16. The highest BCUT2D eigenvalue weighted by Crippen LogP contribution is 2.21. The van der Waals surface area contributed by atoms with Gasteiger partial charge in [-0.3, -0.25) is 10.1 Å². The van der Waals surface area contributed by atoms with Crippen molar-refractivity contribution >= 4 is 22.4 Å². The van der Waals surface area contributed by atoms with Crippen LogP contribution in [0, 0.1) is 25.7 Å². The molecule has 20 heavy (non-hydrogen) atoms. The van der Waals surface area contributed by atoms with Crippen molar-refractivity contribution in [2.75, 3.05) is 11.9 Å². The van der Waals surface area contributed by atoms with Gasteiger partial charge in [-0.05, 0) is 32.0 Å². The number of nitrogens with zero attached hydrogens (tertiary/aromatic N) is 1. The first-order valence-corrected chi connectivity index (χ1v) is 6.87. The van der Waals surface area contributed by atoms with Crippen LogP contribution < -0.4 is 5.32 Å². The second-order valence-corrected chi connectivity index (χ2v) is 5.36. The van der Waals surface area contributed by atoms with Gasteiger partial charge in [0.2, 0.25) is 0 Å². The fourth-order valence-corrected chi connectivity index (χ4v) is 2.38. The van der Waals surface area contributed by atoms with E-state index in [1.54, 1.807) is 24.3 Å². The number of amides is 1. The fourth-order valence-electron chi connectivity index (χ4n) is 1.58. The standard InChI is InChI=1S/C15H14N2O2S/c1-10-11(2)20-15(16-10)17-14(19)13-7-3-5-12(9-13)6-4-8-18/h3,5,7,9,18H,8H2,1-2H3,(H,16,17,19). The zero-order valence-electron chi connectivity index (χ0n) is 11.2. The second kappa shape index (κ2) is 6.33. The van der Waals surface area contributed by atoms with Crippen LogP contribution in [0.15, 0.2) is 24.3 Å². The number of carbonyl (C=O) groups is 1. The number of hydrogen-bond acceptors (Lipinski definition) is 4. The first-order valence-electron chi connectivity index (χ1n) is 6.05. The molecule has 0 aliphatic rings. The lowest BCUT2D eigenvalue weighted by Crippen LogP contribution is -2.11. The second-order valence-electron chi connectivity index (χ2n) is 4.16. The summed E-state index contributed by atoms with van der Waals surface area (Å²) in [7, 11) is 0. The lowest BCUT2D eigenvalue weighted by atomic mass is 10.1. The van der Waals surface area contributed by atoms with E-state index in [4.69, 9.17) is 5.11 Å². The first kappa shape index (κ1) is 14.3. The van der Waals surface area contributed by atoms with Crippen LogP contribution in [-0.2, 0) is 0 Å². The number of hydrogen-bond donors (Lipinski definition) is 2. The van der Waals surface area contributed by atoms with Gasteiger partial charge in [-0.25, -0.2) is 4.98 Å². The zero-order chi connectivity index (χ0) is 14.5. The molecule has 1 amide bonds. The summed E-state index contributed by atoms with van der Waals surface area (Å²) in [6.07, 6.45) is 0. The van der Waals surface area contributed by atoms with Crippen molar-refractivity contribution in [2.24, 2.45) is 0 Å². The van der Waals surface area contributed by atoms with Gasteiger partial charge in [0.15, 0.2) is 5.13 Å². The van der Waals surface area contributed by atoms with Gasteiger partial charge >= 0.3 is 0 Å². The lowest BCUT2D eigenvalue weighted by Gasteiger charge is -2.02. The number of rotatable bonds is 2. The molecule has 1 aromatic carbocycles. The summed E-state index contributed by atoms with van der Waals surface area (Å²) in [6.45, 7) is 3.68. The topological polar surface area (TPSA) is 62.2 Å². The maximum absolute atomic E-state index is 12.1. The maximum Gasteiger partial charge on any atom is 0.257 e. The largest absolute Gasteiger partial charge is 0.384 e. The van der Waals surface area contributed by atoms with Gasteiger partial charge in [-0.1, -0.05) is 17.9 Å². The van der Waals surface area contributed by atoms with E-state index in [9.17, 15) is 4.79 Å². The van der Waals surface area contributed by atoms with Crippen molar-refractivity contribution in [2.45, 2.75) is 13.8 Å². The Morgan fingerprint density at radius 1 is 1.45 bits per heavy atom. The van der Waals surface area contributed by atoms with Crippen molar-refractivity contribution in [1.29, 1.82) is 0 Å². The van der Waals surface area contributed by atoms with Crippen LogP contribution in [0.5, 0.6) is 0 Å². The molecule has 4 nitrogen and oxygen atoms in total. The highest BCUT2D eigenvalue weighted by molar-refractivity contribution is 7.15. The van der Waals surface area contributed by atoms with E-state index < -0.39 is 0 Å². The molecule has 1 aromatic heterocycles. The van der Waals surface area contributed by atoms with E-state index in [2.05, 4.69) is 22.1 Å². The van der Waals surface area contributed by atoms with E-state index in [-0.39, 0.29) is 12.5 Å². The molecule has 1 heterocycles. The number of thiazole rings is 1. The van der Waals surface area contributed by atoms with Gasteiger partial charge in [-0.2, -0.15) is 0 Å². The molecule has 0 unspecified atom stereocenters. The monoisotopic (exact) mass is 286 g/mol. The van der Waals surface area contributed by atoms with Gasteiger partial charge < -0.3 is 5.11 Å². The van der Waals surface area contributed by atoms with Crippen LogP contribution >= 0.6 is 11.3 Å². The van der Waals surface area contributed by atoms with Crippen LogP contribution in [0.1, 0.15) is 26.5 Å². The number of aliphatic hydroxyl groups excluding tert-OH is 1. The predicted molar refractivity (Wildman–Crippen MR) is 79.9 cm³/mol. The summed E-state index contributed by atoms with van der Waals surface area (Å²) in [5.41, 5.74) is 2.13. The number of anilines is 1. The molecule has 0 saturated heterocycles. The van der Waals surface area contributed by atoms with Gasteiger partial charge in [0, 0.05) is 16.0 Å². The molecular formula is C15H14N2O2S. The molecule has 0 aliphatic carbocycles. The van der Waals surface area contributed by atoms with Crippen LogP contribution in [0.4, 0.5) is 5.13 Å². The van der Waals surface area contributed by atoms with Crippen molar-refractivity contribution < 1.29 is 9.90 Å². The molecular weight excluding hydrogens is 272 g/mol. The van der Waals surface area contributed by atoms with Crippen LogP contribution in [0.25, 0.3) is 0 Å². The lowest BCUT2D eigenvalue weighted by molar-refractivity contribution is 0.102. The minimum atomic E-state index is -0.216. The van der Waals surface area contributed by atoms with E-state index in [1.807, 2.05) is 13.8 Å². The molecule has 2 N–H and O–H groups in total. The minimum absolute atomic E-state index is 0.200.